The number of esters is 1. The number of likely N-dealkylation sites (tertiary alicyclic amines) is 1. The van der Waals surface area contributed by atoms with Gasteiger partial charge in [-0.25, -0.2) is 4.79 Å². The normalized spacial score (nSPS) is 19.2. The Hall–Kier alpha value is -2.57. The Morgan fingerprint density at radius 3 is 2.10 bits per heavy atom. The fourth-order valence-corrected chi connectivity index (χ4v) is 3.99. The van der Waals surface area contributed by atoms with Crippen LogP contribution < -0.4 is 10.1 Å². The summed E-state index contributed by atoms with van der Waals surface area (Å²) >= 11 is 0. The average molecular weight is 433 g/mol. The number of amides is 2. The highest BCUT2D eigenvalue weighted by Crippen LogP contribution is 2.41. The van der Waals surface area contributed by atoms with Crippen LogP contribution in [0, 0.1) is 0 Å². The Kier molecular flexibility index (Phi) is 7.40. The maximum Gasteiger partial charge on any atom is 0.328 e. The first-order valence-electron chi connectivity index (χ1n) is 10.7. The van der Waals surface area contributed by atoms with Crippen LogP contribution in [-0.2, 0) is 25.2 Å². The Labute approximate surface area is 185 Å². The van der Waals surface area contributed by atoms with Gasteiger partial charge in [0.2, 0.25) is 6.41 Å². The summed E-state index contributed by atoms with van der Waals surface area (Å²) in [5.74, 6) is 0.0685. The lowest BCUT2D eigenvalue weighted by Gasteiger charge is -2.31. The molecular weight excluding hydrogens is 396 g/mol. The lowest BCUT2D eigenvalue weighted by molar-refractivity contribution is -0.147. The van der Waals surface area contributed by atoms with E-state index in [1.165, 1.54) is 4.90 Å². The minimum absolute atomic E-state index is 0.230. The molecule has 7 nitrogen and oxygen atoms in total. The molecule has 7 heteroatoms. The molecule has 1 heterocycles. The summed E-state index contributed by atoms with van der Waals surface area (Å²) in [6.07, 6.45) is 0.932. The summed E-state index contributed by atoms with van der Waals surface area (Å²) in [6.45, 7) is 14.7. The van der Waals surface area contributed by atoms with Crippen LogP contribution in [0.3, 0.4) is 0 Å². The lowest BCUT2D eigenvalue weighted by atomic mass is 9.78. The van der Waals surface area contributed by atoms with Crippen LogP contribution in [-0.4, -0.2) is 55.5 Å². The first-order valence-corrected chi connectivity index (χ1v) is 10.7. The number of hydrogen-bond acceptors (Lipinski definition) is 5. The fraction of sp³-hybridized carbons (Fsp3) is 0.625. The number of hydrogen-bond donors (Lipinski definition) is 1. The third kappa shape index (κ3) is 5.38. The highest BCUT2D eigenvalue weighted by Gasteiger charge is 2.41. The third-order valence-electron chi connectivity index (χ3n) is 5.58. The zero-order valence-electron chi connectivity index (χ0n) is 20.0. The molecule has 1 aromatic carbocycles. The molecule has 0 saturated carbocycles. The van der Waals surface area contributed by atoms with Gasteiger partial charge in [0.1, 0.15) is 11.8 Å². The first-order chi connectivity index (χ1) is 14.3. The summed E-state index contributed by atoms with van der Waals surface area (Å²) in [5, 5.41) is 2.70. The van der Waals surface area contributed by atoms with Gasteiger partial charge in [-0.1, -0.05) is 41.5 Å². The molecule has 31 heavy (non-hydrogen) atoms. The number of carbonyl (C=O) groups is 3. The van der Waals surface area contributed by atoms with Crippen molar-refractivity contribution in [3.63, 3.8) is 0 Å². The molecule has 1 aliphatic heterocycles. The van der Waals surface area contributed by atoms with E-state index < -0.39 is 12.0 Å². The molecule has 1 saturated heterocycles. The molecule has 1 fully saturated rings. The maximum absolute atomic E-state index is 13.6. The number of methoxy groups -OCH3 is 1. The predicted octanol–water partition coefficient (Wildman–Crippen LogP) is 3.18. The molecule has 2 rings (SSSR count). The second kappa shape index (κ2) is 9.28. The van der Waals surface area contributed by atoms with Gasteiger partial charge >= 0.3 is 5.97 Å². The van der Waals surface area contributed by atoms with E-state index in [4.69, 9.17) is 9.47 Å². The first kappa shape index (κ1) is 24.7. The van der Waals surface area contributed by atoms with Gasteiger partial charge < -0.3 is 19.7 Å². The van der Waals surface area contributed by atoms with Gasteiger partial charge in [0.15, 0.2) is 0 Å². The van der Waals surface area contributed by atoms with Crippen LogP contribution in [0.1, 0.15) is 76.4 Å². The largest absolute Gasteiger partial charge is 0.496 e. The van der Waals surface area contributed by atoms with E-state index in [0.29, 0.717) is 18.4 Å². The van der Waals surface area contributed by atoms with Crippen LogP contribution in [0.4, 0.5) is 0 Å². The number of ether oxygens (including phenoxy) is 2. The molecule has 0 spiro atoms. The van der Waals surface area contributed by atoms with Gasteiger partial charge in [-0.3, -0.25) is 9.59 Å². The van der Waals surface area contributed by atoms with Crippen molar-refractivity contribution in [2.45, 2.75) is 77.8 Å². The summed E-state index contributed by atoms with van der Waals surface area (Å²) in [5.41, 5.74) is 1.85. The highest BCUT2D eigenvalue weighted by molar-refractivity contribution is 5.98. The Balaban J connectivity index is 2.58. The number of rotatable bonds is 6. The molecule has 1 aromatic rings. The van der Waals surface area contributed by atoms with E-state index in [1.807, 2.05) is 12.1 Å². The Morgan fingerprint density at radius 2 is 1.68 bits per heavy atom. The van der Waals surface area contributed by atoms with Gasteiger partial charge in [0, 0.05) is 35.7 Å². The van der Waals surface area contributed by atoms with Gasteiger partial charge in [-0.15, -0.1) is 0 Å². The monoisotopic (exact) mass is 432 g/mol. The van der Waals surface area contributed by atoms with Crippen LogP contribution in [0.5, 0.6) is 5.75 Å². The molecule has 1 unspecified atom stereocenters. The van der Waals surface area contributed by atoms with Gasteiger partial charge in [0.25, 0.3) is 5.91 Å². The van der Waals surface area contributed by atoms with Crippen molar-refractivity contribution in [2.75, 3.05) is 20.3 Å². The summed E-state index contributed by atoms with van der Waals surface area (Å²) < 4.78 is 11.0. The summed E-state index contributed by atoms with van der Waals surface area (Å²) in [6, 6.07) is 2.69. The molecule has 172 valence electrons. The molecule has 2 amide bonds. The maximum atomic E-state index is 13.6. The van der Waals surface area contributed by atoms with Crippen LogP contribution >= 0.6 is 0 Å². The molecule has 0 bridgehead atoms. The summed E-state index contributed by atoms with van der Waals surface area (Å²) in [4.78, 5) is 38.6. The van der Waals surface area contributed by atoms with E-state index in [9.17, 15) is 14.4 Å². The number of nitrogens with zero attached hydrogens (tertiary/aromatic N) is 1. The molecule has 0 aromatic heterocycles. The standard InChI is InChI=1S/C24H36N2O5/c1-9-31-22(29)19-12-16(25-14-27)13-26(19)21(28)15-10-17(23(2,3)4)20(30-8)18(11-15)24(5,6)7/h10-11,14,16,19H,9,12-13H2,1-8H3,(H,25,27)/t16-,19?/m0/s1. The van der Waals surface area contributed by atoms with E-state index in [0.717, 1.165) is 16.9 Å². The van der Waals surface area contributed by atoms with Gasteiger partial charge in [-0.2, -0.15) is 0 Å². The smallest absolute Gasteiger partial charge is 0.328 e. The zero-order valence-corrected chi connectivity index (χ0v) is 20.0. The lowest BCUT2D eigenvalue weighted by Crippen LogP contribution is -2.42. The molecule has 0 radical (unpaired) electrons. The minimum atomic E-state index is -0.733. The Morgan fingerprint density at radius 1 is 1.13 bits per heavy atom. The number of nitrogens with one attached hydrogen (secondary N) is 1. The molecule has 1 aliphatic rings. The van der Waals surface area contributed by atoms with Crippen molar-refractivity contribution in [3.8, 4) is 5.75 Å². The number of carbonyl (C=O) groups excluding carboxylic acids is 3. The molecule has 1 N–H and O–H groups in total. The summed E-state index contributed by atoms with van der Waals surface area (Å²) in [7, 11) is 1.65. The average Bonchev–Trinajstić information content (AvgIpc) is 3.09. The zero-order chi connectivity index (χ0) is 23.6. The van der Waals surface area contributed by atoms with Crippen molar-refractivity contribution < 1.29 is 23.9 Å². The highest BCUT2D eigenvalue weighted by atomic mass is 16.5. The molecule has 2 atom stereocenters. The fourth-order valence-electron chi connectivity index (χ4n) is 3.99. The van der Waals surface area contributed by atoms with Crippen molar-refractivity contribution in [2.24, 2.45) is 0 Å². The second-order valence-corrected chi connectivity index (χ2v) is 10.0. The quantitative estimate of drug-likeness (QED) is 0.551. The van der Waals surface area contributed by atoms with Crippen molar-refractivity contribution in [1.82, 2.24) is 10.2 Å². The van der Waals surface area contributed by atoms with Crippen molar-refractivity contribution in [1.29, 1.82) is 0 Å². The van der Waals surface area contributed by atoms with E-state index in [2.05, 4.69) is 46.9 Å². The SMILES string of the molecule is CCOC(=O)C1C[C@H](NC=O)CN1C(=O)c1cc(C(C)(C)C)c(OC)c(C(C)(C)C)c1. The van der Waals surface area contributed by atoms with Gasteiger partial charge in [-0.05, 0) is 29.9 Å². The predicted molar refractivity (Wildman–Crippen MR) is 119 cm³/mol. The Bertz CT molecular complexity index is 800. The minimum Gasteiger partial charge on any atom is -0.496 e. The second-order valence-electron chi connectivity index (χ2n) is 10.0. The van der Waals surface area contributed by atoms with Gasteiger partial charge in [0.05, 0.1) is 13.7 Å². The van der Waals surface area contributed by atoms with Crippen LogP contribution in [0.2, 0.25) is 0 Å². The number of benzene rings is 1. The van der Waals surface area contributed by atoms with E-state index in [1.54, 1.807) is 14.0 Å². The van der Waals surface area contributed by atoms with E-state index >= 15 is 0 Å². The van der Waals surface area contributed by atoms with Crippen LogP contribution in [0.25, 0.3) is 0 Å². The third-order valence-corrected chi connectivity index (χ3v) is 5.58. The molecule has 0 aliphatic carbocycles. The van der Waals surface area contributed by atoms with Crippen LogP contribution in [0.15, 0.2) is 12.1 Å². The van der Waals surface area contributed by atoms with Crippen molar-refractivity contribution >= 4 is 18.3 Å². The topological polar surface area (TPSA) is 84.9 Å². The van der Waals surface area contributed by atoms with Crippen molar-refractivity contribution in [3.05, 3.63) is 28.8 Å². The molecular formula is C24H36N2O5. The van der Waals surface area contributed by atoms with E-state index in [-0.39, 0.29) is 35.9 Å².